The molecule has 40 heavy (non-hydrogen) atoms. The van der Waals surface area contributed by atoms with Gasteiger partial charge in [0.1, 0.15) is 11.9 Å². The van der Waals surface area contributed by atoms with Crippen LogP contribution in [-0.4, -0.2) is 43.0 Å². The Bertz CT molecular complexity index is 1240. The minimum absolute atomic E-state index is 0.0308. The zero-order chi connectivity index (χ0) is 30.1. The number of rotatable bonds is 8. The maximum absolute atomic E-state index is 13.2. The Labute approximate surface area is 230 Å². The van der Waals surface area contributed by atoms with Crippen LogP contribution in [0.3, 0.4) is 0 Å². The summed E-state index contributed by atoms with van der Waals surface area (Å²) in [4.78, 5) is 17.2. The number of nitrogens with zero attached hydrogens (tertiary/aromatic N) is 3. The molecule has 0 bridgehead atoms. The van der Waals surface area contributed by atoms with E-state index in [2.05, 4.69) is 22.0 Å². The molecule has 1 aromatic heterocycles. The fraction of sp³-hybridized carbons (Fsp3) is 0.560. The number of benzene rings is 1. The van der Waals surface area contributed by atoms with Crippen molar-refractivity contribution in [2.24, 2.45) is 11.8 Å². The molecule has 3 rings (SSSR count). The van der Waals surface area contributed by atoms with Crippen molar-refractivity contribution in [2.45, 2.75) is 71.3 Å². The molecule has 0 spiro atoms. The number of hydrogen-bond donors (Lipinski definition) is 1. The lowest BCUT2D eigenvalue weighted by atomic mass is 9.83. The zero-order valence-corrected chi connectivity index (χ0v) is 22.5. The molecule has 8 nitrogen and oxygen atoms in total. The van der Waals surface area contributed by atoms with Gasteiger partial charge in [-0.2, -0.15) is 26.9 Å². The van der Waals surface area contributed by atoms with Crippen LogP contribution in [0.5, 0.6) is 5.75 Å². The number of ether oxygens (including phenoxy) is 1. The Kier molecular flexibility index (Phi) is 11.7. The number of hydrogen-bond acceptors (Lipinski definition) is 6. The van der Waals surface area contributed by atoms with Crippen molar-refractivity contribution in [3.05, 3.63) is 41.0 Å². The summed E-state index contributed by atoms with van der Waals surface area (Å²) in [5, 5.41) is 12.6. The first-order valence-electron chi connectivity index (χ1n) is 12.4. The monoisotopic (exact) mass is 594 g/mol. The summed E-state index contributed by atoms with van der Waals surface area (Å²) in [6.45, 7) is 4.21. The summed E-state index contributed by atoms with van der Waals surface area (Å²) in [6.07, 6.45) is -7.23. The van der Waals surface area contributed by atoms with Crippen LogP contribution in [-0.2, 0) is 24.4 Å². The van der Waals surface area contributed by atoms with Gasteiger partial charge in [0.05, 0.1) is 5.69 Å². The normalized spacial score (nSPS) is 17.3. The molecule has 0 atom stereocenters. The number of nitriles is 1. The molecule has 1 aromatic carbocycles. The van der Waals surface area contributed by atoms with E-state index in [4.69, 9.17) is 8.42 Å². The van der Waals surface area contributed by atoms with Crippen molar-refractivity contribution in [3.8, 4) is 17.5 Å². The van der Waals surface area contributed by atoms with Gasteiger partial charge < -0.3 is 10.1 Å². The molecule has 0 radical (unpaired) electrons. The minimum atomic E-state index is -5.14. The number of nitrogens with one attached hydrogen (secondary N) is 1. The molecule has 1 saturated carbocycles. The van der Waals surface area contributed by atoms with Crippen LogP contribution in [0.25, 0.3) is 5.69 Å². The third kappa shape index (κ3) is 9.65. The van der Waals surface area contributed by atoms with Crippen molar-refractivity contribution in [3.63, 3.8) is 0 Å². The van der Waals surface area contributed by atoms with Gasteiger partial charge in [-0.15, -0.1) is 13.2 Å². The van der Waals surface area contributed by atoms with Crippen molar-refractivity contribution >= 4 is 17.5 Å². The zero-order valence-electron chi connectivity index (χ0n) is 21.7. The molecule has 0 saturated heterocycles. The molecule has 0 unspecified atom stereocenters. The van der Waals surface area contributed by atoms with Gasteiger partial charge in [0, 0.05) is 19.4 Å². The van der Waals surface area contributed by atoms with Gasteiger partial charge in [-0.1, -0.05) is 32.8 Å². The Morgan fingerprint density at radius 2 is 1.80 bits per heavy atom. The summed E-state index contributed by atoms with van der Waals surface area (Å²) in [6, 6.07) is 5.08. The van der Waals surface area contributed by atoms with Gasteiger partial charge >= 0.3 is 24.1 Å². The Morgan fingerprint density at radius 1 is 1.18 bits per heavy atom. The largest absolute Gasteiger partial charge is 0.573 e. The highest BCUT2D eigenvalue weighted by molar-refractivity contribution is 7.51. The average Bonchev–Trinajstić information content (AvgIpc) is 3.25. The lowest BCUT2D eigenvalue weighted by Gasteiger charge is -2.26. The predicted octanol–water partition coefficient (Wildman–Crippen LogP) is 5.59. The number of halogens is 6. The number of amides is 1. The first-order chi connectivity index (χ1) is 18.7. The van der Waals surface area contributed by atoms with E-state index in [-0.39, 0.29) is 40.8 Å². The highest BCUT2D eigenvalue weighted by atomic mass is 32.1. The highest BCUT2D eigenvalue weighted by Gasteiger charge is 2.34. The molecule has 0 aliphatic heterocycles. The summed E-state index contributed by atoms with van der Waals surface area (Å²) in [7, 11) is 0. The molecule has 1 amide bonds. The van der Waals surface area contributed by atoms with E-state index in [1.54, 1.807) is 6.92 Å². The fourth-order valence-corrected chi connectivity index (χ4v) is 4.47. The Hall–Kier alpha value is -3.41. The summed E-state index contributed by atoms with van der Waals surface area (Å²) in [5.41, 5.74) is -0.810. The predicted molar refractivity (Wildman–Crippen MR) is 131 cm³/mol. The van der Waals surface area contributed by atoms with E-state index >= 15 is 0 Å². The molecule has 1 aliphatic rings. The number of imidazole rings is 1. The number of carbonyl (C=O) groups is 1. The molecule has 1 heterocycles. The maximum Gasteiger partial charge on any atom is 0.573 e. The standard InChI is InChI=1S/C25H28F6N4O2.O2S/c1-3-21-34-22(23(36)33-14-17-6-4-15(2)5-7-17)19(13-32)35(21)18-9-8-16(10-11-24(26,27)28)12-20(18)37-25(29,30)31;1-3-2/h8-9,12,15,17H,3-7,10-11,14H2,1-2H3,(H,33,36);. The second-order valence-corrected chi connectivity index (χ2v) is 9.53. The average molecular weight is 595 g/mol. The van der Waals surface area contributed by atoms with Crippen LogP contribution >= 0.6 is 0 Å². The Balaban J connectivity index is 0.00000178. The lowest BCUT2D eigenvalue weighted by molar-refractivity contribution is -0.274. The van der Waals surface area contributed by atoms with Gasteiger partial charge in [0.2, 0.25) is 0 Å². The van der Waals surface area contributed by atoms with Crippen LogP contribution < -0.4 is 10.1 Å². The van der Waals surface area contributed by atoms with Crippen LogP contribution in [0.15, 0.2) is 18.2 Å². The smallest absolute Gasteiger partial charge is 0.404 e. The van der Waals surface area contributed by atoms with E-state index in [1.807, 2.05) is 6.07 Å². The third-order valence-corrected chi connectivity index (χ3v) is 6.46. The van der Waals surface area contributed by atoms with Gasteiger partial charge in [0.25, 0.3) is 5.91 Å². The van der Waals surface area contributed by atoms with Crippen LogP contribution in [0.1, 0.15) is 73.5 Å². The van der Waals surface area contributed by atoms with Crippen molar-refractivity contribution in [1.29, 1.82) is 5.26 Å². The second kappa shape index (κ2) is 14.3. The SMILES string of the molecule is CCc1nc(C(=O)NCC2CCC(C)CC2)c(C#N)n1-c1ccc(CCC(F)(F)F)cc1OC(F)(F)F.O=S=O. The maximum atomic E-state index is 13.2. The lowest BCUT2D eigenvalue weighted by Crippen LogP contribution is -2.31. The van der Waals surface area contributed by atoms with Crippen molar-refractivity contribution < 1.29 is 44.3 Å². The minimum Gasteiger partial charge on any atom is -0.404 e. The number of carbonyl (C=O) groups excluding carboxylic acids is 1. The van der Waals surface area contributed by atoms with Crippen LogP contribution in [0.4, 0.5) is 26.3 Å². The molecule has 1 N–H and O–H groups in total. The molecule has 220 valence electrons. The first-order valence-corrected chi connectivity index (χ1v) is 13.1. The number of alkyl halides is 6. The van der Waals surface area contributed by atoms with E-state index in [9.17, 15) is 36.4 Å². The summed E-state index contributed by atoms with van der Waals surface area (Å²) >= 11 is -0.750. The molecular weight excluding hydrogens is 566 g/mol. The first kappa shape index (κ1) is 32.8. The van der Waals surface area contributed by atoms with Crippen molar-refractivity contribution in [2.75, 3.05) is 6.54 Å². The number of aryl methyl sites for hydroxylation is 2. The van der Waals surface area contributed by atoms with Gasteiger partial charge in [0.15, 0.2) is 17.1 Å². The van der Waals surface area contributed by atoms with Crippen LogP contribution in [0, 0.1) is 23.2 Å². The van der Waals surface area contributed by atoms with E-state index in [1.165, 1.54) is 6.07 Å². The fourth-order valence-electron chi connectivity index (χ4n) is 4.47. The molecule has 2 aromatic rings. The van der Waals surface area contributed by atoms with Gasteiger partial charge in [-0.3, -0.25) is 9.36 Å². The topological polar surface area (TPSA) is 114 Å². The van der Waals surface area contributed by atoms with Gasteiger partial charge in [-0.25, -0.2) is 4.98 Å². The Morgan fingerprint density at radius 3 is 2.33 bits per heavy atom. The van der Waals surface area contributed by atoms with Gasteiger partial charge in [-0.05, 0) is 48.8 Å². The molecule has 1 fully saturated rings. The number of aromatic nitrogens is 2. The van der Waals surface area contributed by atoms with Crippen molar-refractivity contribution in [1.82, 2.24) is 14.9 Å². The highest BCUT2D eigenvalue weighted by Crippen LogP contribution is 2.34. The van der Waals surface area contributed by atoms with E-state index in [0.29, 0.717) is 12.5 Å². The summed E-state index contributed by atoms with van der Waals surface area (Å²) in [5.74, 6) is -0.367. The van der Waals surface area contributed by atoms with Crippen LogP contribution in [0.2, 0.25) is 0 Å². The summed E-state index contributed by atoms with van der Waals surface area (Å²) < 4.78 is 99.3. The van der Waals surface area contributed by atoms with E-state index < -0.39 is 48.6 Å². The molecular formula is C25H28F6N4O4S. The molecule has 15 heteroatoms. The second-order valence-electron chi connectivity index (χ2n) is 9.40. The third-order valence-electron chi connectivity index (χ3n) is 6.46. The van der Waals surface area contributed by atoms with E-state index in [0.717, 1.165) is 42.4 Å². The molecule has 1 aliphatic carbocycles. The quantitative estimate of drug-likeness (QED) is 0.399.